The largest absolute Gasteiger partial charge is 0.550 e. The van der Waals surface area contributed by atoms with Crippen LogP contribution in [0.25, 0.3) is 0 Å². The van der Waals surface area contributed by atoms with E-state index in [0.29, 0.717) is 0 Å². The van der Waals surface area contributed by atoms with Crippen LogP contribution in [0.15, 0.2) is 5.16 Å². The van der Waals surface area contributed by atoms with Gasteiger partial charge in [0.1, 0.15) is 0 Å². The highest BCUT2D eigenvalue weighted by molar-refractivity contribution is 7.48. The number of phosphoric ester groups is 1. The molecule has 0 aromatic rings. The van der Waals surface area contributed by atoms with Crippen LogP contribution in [0.5, 0.6) is 0 Å². The lowest BCUT2D eigenvalue weighted by Gasteiger charge is -2.17. The van der Waals surface area contributed by atoms with Gasteiger partial charge < -0.3 is 0 Å². The fraction of sp³-hybridized carbons (Fsp3) is 0.900. The van der Waals surface area contributed by atoms with Crippen molar-refractivity contribution < 1.29 is 18.2 Å². The van der Waals surface area contributed by atoms with Gasteiger partial charge in [0.25, 0.3) is 0 Å². The van der Waals surface area contributed by atoms with E-state index in [1.807, 2.05) is 27.7 Å². The van der Waals surface area contributed by atoms with Crippen molar-refractivity contribution in [3.05, 3.63) is 0 Å². The Morgan fingerprint density at radius 2 is 1.61 bits per heavy atom. The normalized spacial score (nSPS) is 13.4. The highest BCUT2D eigenvalue weighted by Gasteiger charge is 2.29. The molecule has 0 unspecified atom stereocenters. The van der Waals surface area contributed by atoms with Crippen LogP contribution in [-0.4, -0.2) is 24.3 Å². The average Bonchev–Trinajstić information content (AvgIpc) is 2.31. The standard InChI is InChI=1S/C10H20Cl2NO4P/c1-8(2)6-15-18(14,16-7-9(3)4)17-13-10(12)5-11/h8-9H,5-7H2,1-4H3/b13-10-. The highest BCUT2D eigenvalue weighted by Crippen LogP contribution is 2.50. The molecule has 5 nitrogen and oxygen atoms in total. The smallest absolute Gasteiger partial charge is 0.291 e. The second kappa shape index (κ2) is 9.16. The van der Waals surface area contributed by atoms with Crippen molar-refractivity contribution in [3.63, 3.8) is 0 Å². The van der Waals surface area contributed by atoms with Gasteiger partial charge in [-0.2, -0.15) is 0 Å². The van der Waals surface area contributed by atoms with Crippen LogP contribution in [0, 0.1) is 11.8 Å². The quantitative estimate of drug-likeness (QED) is 0.276. The van der Waals surface area contributed by atoms with Crippen LogP contribution >= 0.6 is 31.0 Å². The third kappa shape index (κ3) is 9.17. The first-order chi connectivity index (χ1) is 8.29. The molecule has 0 atom stereocenters. The van der Waals surface area contributed by atoms with Gasteiger partial charge in [0, 0.05) is 0 Å². The fourth-order valence-electron chi connectivity index (χ4n) is 0.684. The first-order valence-corrected chi connectivity index (χ1v) is 8.02. The summed E-state index contributed by atoms with van der Waals surface area (Å²) in [5, 5.41) is 3.39. The number of rotatable bonds is 9. The molecule has 0 spiro atoms. The van der Waals surface area contributed by atoms with Gasteiger partial charge >= 0.3 is 7.82 Å². The lowest BCUT2D eigenvalue weighted by Crippen LogP contribution is -2.07. The van der Waals surface area contributed by atoms with Gasteiger partial charge in [-0.05, 0) is 11.8 Å². The lowest BCUT2D eigenvalue weighted by atomic mass is 10.2. The Hall–Kier alpha value is 0.200. The van der Waals surface area contributed by atoms with E-state index in [9.17, 15) is 4.57 Å². The second-order valence-corrected chi connectivity index (χ2v) is 6.79. The van der Waals surface area contributed by atoms with Crippen molar-refractivity contribution in [2.75, 3.05) is 19.1 Å². The minimum absolute atomic E-state index is 0.0156. The van der Waals surface area contributed by atoms with Crippen LogP contribution < -0.4 is 0 Å². The topological polar surface area (TPSA) is 57.1 Å². The first kappa shape index (κ1) is 18.2. The van der Waals surface area contributed by atoms with Crippen molar-refractivity contribution in [2.24, 2.45) is 17.0 Å². The van der Waals surface area contributed by atoms with Gasteiger partial charge in [-0.1, -0.05) is 44.5 Å². The van der Waals surface area contributed by atoms with Gasteiger partial charge in [0.15, 0.2) is 5.17 Å². The van der Waals surface area contributed by atoms with Gasteiger partial charge in [0.2, 0.25) is 0 Å². The molecule has 0 fully saturated rings. The monoisotopic (exact) mass is 319 g/mol. The third-order valence-corrected chi connectivity index (χ3v) is 3.29. The summed E-state index contributed by atoms with van der Waals surface area (Å²) >= 11 is 11.0. The van der Waals surface area contributed by atoms with Gasteiger partial charge in [-0.25, -0.2) is 4.57 Å². The molecule has 0 aromatic heterocycles. The SMILES string of the molecule is CC(C)COP(=O)(OCC(C)C)O/N=C(\Cl)CCl. The van der Waals surface area contributed by atoms with E-state index in [-0.39, 0.29) is 36.1 Å². The summed E-state index contributed by atoms with van der Waals surface area (Å²) in [6, 6.07) is 0. The minimum Gasteiger partial charge on any atom is -0.291 e. The van der Waals surface area contributed by atoms with E-state index in [0.717, 1.165) is 0 Å². The van der Waals surface area contributed by atoms with E-state index in [2.05, 4.69) is 5.16 Å². The Morgan fingerprint density at radius 1 is 1.17 bits per heavy atom. The average molecular weight is 320 g/mol. The summed E-state index contributed by atoms with van der Waals surface area (Å²) in [4.78, 5) is 0. The van der Waals surface area contributed by atoms with E-state index in [4.69, 9.17) is 36.9 Å². The fourth-order valence-corrected chi connectivity index (χ4v) is 2.14. The summed E-state index contributed by atoms with van der Waals surface area (Å²) in [5.74, 6) is 0.352. The number of alkyl halides is 1. The zero-order valence-corrected chi connectivity index (χ0v) is 13.5. The molecule has 18 heavy (non-hydrogen) atoms. The molecule has 0 heterocycles. The van der Waals surface area contributed by atoms with Gasteiger partial charge in [0.05, 0.1) is 19.1 Å². The van der Waals surface area contributed by atoms with Crippen molar-refractivity contribution >= 4 is 36.2 Å². The summed E-state index contributed by atoms with van der Waals surface area (Å²) in [7, 11) is -3.72. The van der Waals surface area contributed by atoms with Crippen LogP contribution in [0.2, 0.25) is 0 Å². The molecule has 0 aromatic carbocycles. The molecular weight excluding hydrogens is 300 g/mol. The minimum atomic E-state index is -3.72. The van der Waals surface area contributed by atoms with Crippen molar-refractivity contribution in [1.82, 2.24) is 0 Å². The number of hydrogen-bond acceptors (Lipinski definition) is 5. The number of hydrogen-bond donors (Lipinski definition) is 0. The maximum Gasteiger partial charge on any atom is 0.550 e. The molecule has 0 rings (SSSR count). The molecule has 0 N–H and O–H groups in total. The molecule has 0 aliphatic carbocycles. The van der Waals surface area contributed by atoms with Crippen molar-refractivity contribution in [1.29, 1.82) is 0 Å². The molecule has 0 aliphatic heterocycles. The Morgan fingerprint density at radius 3 is 1.94 bits per heavy atom. The third-order valence-electron chi connectivity index (χ3n) is 1.48. The summed E-state index contributed by atoms with van der Waals surface area (Å²) in [6.45, 7) is 8.15. The molecule has 0 amide bonds. The van der Waals surface area contributed by atoms with Crippen molar-refractivity contribution in [2.45, 2.75) is 27.7 Å². The molecule has 0 saturated heterocycles. The lowest BCUT2D eigenvalue weighted by molar-refractivity contribution is 0.0981. The molecule has 0 bridgehead atoms. The zero-order valence-electron chi connectivity index (χ0n) is 11.1. The number of halogens is 2. The number of nitrogens with zero attached hydrogens (tertiary/aromatic N) is 1. The van der Waals surface area contributed by atoms with E-state index < -0.39 is 7.82 Å². The summed E-state index contributed by atoms with van der Waals surface area (Å²) in [5.41, 5.74) is 0. The first-order valence-electron chi connectivity index (χ1n) is 5.65. The molecule has 108 valence electrons. The molecule has 0 saturated carbocycles. The van der Waals surface area contributed by atoms with Crippen LogP contribution in [0.4, 0.5) is 0 Å². The highest BCUT2D eigenvalue weighted by atomic mass is 35.5. The number of phosphoric acid groups is 1. The van der Waals surface area contributed by atoms with Crippen LogP contribution in [0.3, 0.4) is 0 Å². The Labute approximate surface area is 118 Å². The van der Waals surface area contributed by atoms with Gasteiger partial charge in [-0.15, -0.1) is 11.6 Å². The second-order valence-electron chi connectivity index (χ2n) is 4.51. The van der Waals surface area contributed by atoms with Gasteiger partial charge in [-0.3, -0.25) is 13.7 Å². The molecule has 0 aliphatic rings. The van der Waals surface area contributed by atoms with E-state index >= 15 is 0 Å². The summed E-state index contributed by atoms with van der Waals surface area (Å²) < 4.78 is 27.2. The van der Waals surface area contributed by atoms with E-state index in [1.54, 1.807) is 0 Å². The van der Waals surface area contributed by atoms with E-state index in [1.165, 1.54) is 0 Å². The van der Waals surface area contributed by atoms with Crippen molar-refractivity contribution in [3.8, 4) is 0 Å². The molecular formula is C10H20Cl2NO4P. The van der Waals surface area contributed by atoms with Crippen LogP contribution in [0.1, 0.15) is 27.7 Å². The number of oxime groups is 1. The maximum absolute atomic E-state index is 12.2. The summed E-state index contributed by atoms with van der Waals surface area (Å²) in [6.07, 6.45) is 0. The van der Waals surface area contributed by atoms with Crippen LogP contribution in [-0.2, 0) is 18.2 Å². The predicted octanol–water partition coefficient (Wildman–Crippen LogP) is 4.25. The molecule has 0 radical (unpaired) electrons. The predicted molar refractivity (Wildman–Crippen MR) is 74.3 cm³/mol. The Bertz CT molecular complexity index is 294. The molecule has 8 heteroatoms. The Balaban J connectivity index is 4.53. The zero-order chi connectivity index (χ0) is 14.2. The maximum atomic E-state index is 12.2. The Kier molecular flexibility index (Phi) is 9.26.